The van der Waals surface area contributed by atoms with E-state index in [0.29, 0.717) is 18.0 Å². The first kappa shape index (κ1) is 18.1. The molecule has 1 unspecified atom stereocenters. The largest absolute Gasteiger partial charge is 0.354 e. The van der Waals surface area contributed by atoms with Gasteiger partial charge in [0.25, 0.3) is 5.91 Å². The van der Waals surface area contributed by atoms with Crippen molar-refractivity contribution in [1.29, 1.82) is 0 Å². The molecule has 2 aromatic heterocycles. The van der Waals surface area contributed by atoms with E-state index < -0.39 is 0 Å². The SMILES string of the molecule is CC(CNC(=O)[C@@H]1CCCN1C(=O)c1cccs1)c1nc2ccccc2s1. The Bertz CT molecular complexity index is 918. The second-order valence-corrected chi connectivity index (χ2v) is 8.81. The van der Waals surface area contributed by atoms with Gasteiger partial charge in [-0.05, 0) is 36.4 Å². The maximum Gasteiger partial charge on any atom is 0.264 e. The molecule has 4 rings (SSSR count). The van der Waals surface area contributed by atoms with Crippen molar-refractivity contribution < 1.29 is 9.59 Å². The van der Waals surface area contributed by atoms with E-state index >= 15 is 0 Å². The number of hydrogen-bond donors (Lipinski definition) is 1. The Balaban J connectivity index is 1.38. The van der Waals surface area contributed by atoms with E-state index in [1.54, 1.807) is 16.2 Å². The number of nitrogens with one attached hydrogen (secondary N) is 1. The molecule has 5 nitrogen and oxygen atoms in total. The van der Waals surface area contributed by atoms with Crippen molar-refractivity contribution in [1.82, 2.24) is 15.2 Å². The summed E-state index contributed by atoms with van der Waals surface area (Å²) in [6.45, 7) is 3.24. The lowest BCUT2D eigenvalue weighted by atomic mass is 10.1. The molecule has 7 heteroatoms. The van der Waals surface area contributed by atoms with Crippen molar-refractivity contribution in [3.63, 3.8) is 0 Å². The van der Waals surface area contributed by atoms with E-state index in [-0.39, 0.29) is 23.8 Å². The van der Waals surface area contributed by atoms with Gasteiger partial charge in [-0.15, -0.1) is 22.7 Å². The molecule has 3 heterocycles. The zero-order valence-electron chi connectivity index (χ0n) is 15.1. The van der Waals surface area contributed by atoms with Crippen LogP contribution in [-0.4, -0.2) is 40.8 Å². The molecule has 1 aliphatic heterocycles. The van der Waals surface area contributed by atoms with Gasteiger partial charge in [0.1, 0.15) is 6.04 Å². The maximum atomic E-state index is 12.7. The van der Waals surface area contributed by atoms with Gasteiger partial charge < -0.3 is 10.2 Å². The number of rotatable bonds is 5. The van der Waals surface area contributed by atoms with Crippen LogP contribution in [0.5, 0.6) is 0 Å². The fourth-order valence-corrected chi connectivity index (χ4v) is 5.08. The summed E-state index contributed by atoms with van der Waals surface area (Å²) in [7, 11) is 0. The standard InChI is InChI=1S/C20H21N3O2S2/c1-13(19-22-14-6-2-3-8-16(14)27-19)12-21-18(24)15-7-4-10-23(15)20(25)17-9-5-11-26-17/h2-3,5-6,8-9,11,13,15H,4,7,10,12H2,1H3,(H,21,24)/t13?,15-/m0/s1. The lowest BCUT2D eigenvalue weighted by Gasteiger charge is -2.24. The zero-order chi connectivity index (χ0) is 18.8. The number of hydrogen-bond acceptors (Lipinski definition) is 5. The van der Waals surface area contributed by atoms with Crippen LogP contribution >= 0.6 is 22.7 Å². The molecule has 2 amide bonds. The van der Waals surface area contributed by atoms with Crippen LogP contribution < -0.4 is 5.32 Å². The smallest absolute Gasteiger partial charge is 0.264 e. The molecular weight excluding hydrogens is 378 g/mol. The third-order valence-corrected chi connectivity index (χ3v) is 6.99. The predicted octanol–water partition coefficient (Wildman–Crippen LogP) is 3.88. The maximum absolute atomic E-state index is 12.7. The predicted molar refractivity (Wildman–Crippen MR) is 109 cm³/mol. The van der Waals surface area contributed by atoms with Crippen molar-refractivity contribution in [3.8, 4) is 0 Å². The third-order valence-electron chi connectivity index (χ3n) is 4.86. The van der Waals surface area contributed by atoms with Crippen LogP contribution in [0.25, 0.3) is 10.2 Å². The lowest BCUT2D eigenvalue weighted by Crippen LogP contribution is -2.46. The van der Waals surface area contributed by atoms with Crippen LogP contribution in [0.3, 0.4) is 0 Å². The monoisotopic (exact) mass is 399 g/mol. The lowest BCUT2D eigenvalue weighted by molar-refractivity contribution is -0.124. The third kappa shape index (κ3) is 3.75. The summed E-state index contributed by atoms with van der Waals surface area (Å²) < 4.78 is 1.16. The first-order chi connectivity index (χ1) is 13.1. The normalized spacial score (nSPS) is 18.0. The van der Waals surface area contributed by atoms with Gasteiger partial charge in [0.05, 0.1) is 20.1 Å². The fraction of sp³-hybridized carbons (Fsp3) is 0.350. The molecule has 140 valence electrons. The molecule has 0 saturated carbocycles. The summed E-state index contributed by atoms with van der Waals surface area (Å²) in [6, 6.07) is 11.4. The molecule has 1 aliphatic rings. The Morgan fingerprint density at radius 1 is 1.30 bits per heavy atom. The molecule has 1 N–H and O–H groups in total. The molecule has 1 saturated heterocycles. The van der Waals surface area contributed by atoms with Gasteiger partial charge in [-0.2, -0.15) is 0 Å². The average Bonchev–Trinajstić information content (AvgIpc) is 3.44. The average molecular weight is 400 g/mol. The number of para-hydroxylation sites is 1. The van der Waals surface area contributed by atoms with Crippen LogP contribution in [-0.2, 0) is 4.79 Å². The molecule has 1 fully saturated rings. The van der Waals surface area contributed by atoms with Gasteiger partial charge in [-0.25, -0.2) is 4.98 Å². The Hall–Kier alpha value is -2.25. The van der Waals surface area contributed by atoms with Gasteiger partial charge in [0.15, 0.2) is 0 Å². The highest BCUT2D eigenvalue weighted by Gasteiger charge is 2.34. The minimum Gasteiger partial charge on any atom is -0.354 e. The molecule has 1 aromatic carbocycles. The molecule has 3 aromatic rings. The number of carbonyl (C=O) groups is 2. The van der Waals surface area contributed by atoms with E-state index in [1.807, 2.05) is 35.7 Å². The molecule has 0 radical (unpaired) electrons. The van der Waals surface area contributed by atoms with E-state index in [2.05, 4.69) is 23.3 Å². The molecule has 0 spiro atoms. The van der Waals surface area contributed by atoms with Crippen molar-refractivity contribution in [3.05, 3.63) is 51.7 Å². The highest BCUT2D eigenvalue weighted by molar-refractivity contribution is 7.18. The second-order valence-electron chi connectivity index (χ2n) is 6.80. The van der Waals surface area contributed by atoms with Crippen molar-refractivity contribution >= 4 is 44.7 Å². The summed E-state index contributed by atoms with van der Waals surface area (Å²) in [6.07, 6.45) is 1.58. The number of likely N-dealkylation sites (tertiary alicyclic amines) is 1. The zero-order valence-corrected chi connectivity index (χ0v) is 16.7. The number of nitrogens with zero attached hydrogens (tertiary/aromatic N) is 2. The Morgan fingerprint density at radius 2 is 2.15 bits per heavy atom. The van der Waals surface area contributed by atoms with E-state index in [9.17, 15) is 9.59 Å². The Labute approximate surface area is 166 Å². The van der Waals surface area contributed by atoms with Crippen LogP contribution in [0.15, 0.2) is 41.8 Å². The second kappa shape index (κ2) is 7.78. The van der Waals surface area contributed by atoms with Crippen LogP contribution in [0.4, 0.5) is 0 Å². The van der Waals surface area contributed by atoms with Crippen molar-refractivity contribution in [2.75, 3.05) is 13.1 Å². The number of fused-ring (bicyclic) bond motifs is 1. The van der Waals surface area contributed by atoms with Crippen LogP contribution in [0.2, 0.25) is 0 Å². The van der Waals surface area contributed by atoms with Gasteiger partial charge in [-0.1, -0.05) is 25.1 Å². The first-order valence-corrected chi connectivity index (χ1v) is 10.8. The number of carbonyl (C=O) groups excluding carboxylic acids is 2. The Morgan fingerprint density at radius 3 is 2.93 bits per heavy atom. The number of aromatic nitrogens is 1. The molecule has 2 atom stereocenters. The summed E-state index contributed by atoms with van der Waals surface area (Å²) in [5.74, 6) is 0.0291. The fourth-order valence-electron chi connectivity index (χ4n) is 3.38. The van der Waals surface area contributed by atoms with Crippen molar-refractivity contribution in [2.24, 2.45) is 0 Å². The highest BCUT2D eigenvalue weighted by atomic mass is 32.1. The minimum absolute atomic E-state index is 0.0399. The number of thiazole rings is 1. The van der Waals surface area contributed by atoms with E-state index in [4.69, 9.17) is 0 Å². The Kier molecular flexibility index (Phi) is 5.22. The summed E-state index contributed by atoms with van der Waals surface area (Å²) in [5, 5.41) is 5.94. The molecule has 27 heavy (non-hydrogen) atoms. The molecular formula is C20H21N3O2S2. The van der Waals surface area contributed by atoms with E-state index in [1.165, 1.54) is 11.3 Å². The summed E-state index contributed by atoms with van der Waals surface area (Å²) in [4.78, 5) is 32.4. The van der Waals surface area contributed by atoms with Crippen LogP contribution in [0.1, 0.15) is 40.4 Å². The topological polar surface area (TPSA) is 62.3 Å². The number of amides is 2. The van der Waals surface area contributed by atoms with E-state index in [0.717, 1.165) is 28.1 Å². The first-order valence-electron chi connectivity index (χ1n) is 9.11. The minimum atomic E-state index is -0.373. The van der Waals surface area contributed by atoms with Gasteiger partial charge in [-0.3, -0.25) is 9.59 Å². The van der Waals surface area contributed by atoms with Crippen molar-refractivity contribution in [2.45, 2.75) is 31.7 Å². The van der Waals surface area contributed by atoms with Gasteiger partial charge in [0, 0.05) is 19.0 Å². The van der Waals surface area contributed by atoms with Gasteiger partial charge >= 0.3 is 0 Å². The van der Waals surface area contributed by atoms with Crippen LogP contribution in [0, 0.1) is 0 Å². The highest BCUT2D eigenvalue weighted by Crippen LogP contribution is 2.27. The molecule has 0 bridgehead atoms. The summed E-state index contributed by atoms with van der Waals surface area (Å²) >= 11 is 3.09. The molecule has 0 aliphatic carbocycles. The van der Waals surface area contributed by atoms with Gasteiger partial charge in [0.2, 0.25) is 5.91 Å². The number of thiophene rings is 1. The number of benzene rings is 1. The summed E-state index contributed by atoms with van der Waals surface area (Å²) in [5.41, 5.74) is 0.999. The quantitative estimate of drug-likeness (QED) is 0.708.